The van der Waals surface area contributed by atoms with E-state index in [1.807, 2.05) is 13.0 Å². The number of aromatic nitrogens is 1. The standard InChI is InChI=1S/C26H26ClN5O3/c1-18-5-2-8-22(23(18)30-24(33)19-9-11-28-12-10-19)25(34)31-13-4-14-32(16-15-31)26(35)29-21-7-3-6-20(27)17-21/h2-3,5-12,17H,4,13-16H2,1H3,(H,29,35)(H,30,33). The van der Waals surface area contributed by atoms with Crippen molar-refractivity contribution < 1.29 is 14.4 Å². The van der Waals surface area contributed by atoms with Gasteiger partial charge in [0, 0.05) is 54.8 Å². The topological polar surface area (TPSA) is 94.6 Å². The normalized spacial score (nSPS) is 13.7. The average molecular weight is 492 g/mol. The van der Waals surface area contributed by atoms with Crippen molar-refractivity contribution in [2.75, 3.05) is 36.8 Å². The summed E-state index contributed by atoms with van der Waals surface area (Å²) in [5.74, 6) is -0.494. The van der Waals surface area contributed by atoms with Gasteiger partial charge in [-0.1, -0.05) is 29.8 Å². The van der Waals surface area contributed by atoms with Crippen LogP contribution in [0.3, 0.4) is 0 Å². The van der Waals surface area contributed by atoms with Gasteiger partial charge in [0.1, 0.15) is 0 Å². The van der Waals surface area contributed by atoms with E-state index in [9.17, 15) is 14.4 Å². The van der Waals surface area contributed by atoms with Crippen LogP contribution < -0.4 is 10.6 Å². The highest BCUT2D eigenvalue weighted by molar-refractivity contribution is 6.30. The molecule has 8 nitrogen and oxygen atoms in total. The summed E-state index contributed by atoms with van der Waals surface area (Å²) in [6.45, 7) is 3.65. The fourth-order valence-electron chi connectivity index (χ4n) is 3.96. The highest BCUT2D eigenvalue weighted by Gasteiger charge is 2.25. The summed E-state index contributed by atoms with van der Waals surface area (Å²) in [5.41, 5.74) is 2.77. The first-order valence-electron chi connectivity index (χ1n) is 11.3. The first kappa shape index (κ1) is 24.2. The summed E-state index contributed by atoms with van der Waals surface area (Å²) in [4.78, 5) is 46.3. The van der Waals surface area contributed by atoms with E-state index in [2.05, 4.69) is 15.6 Å². The van der Waals surface area contributed by atoms with Crippen LogP contribution in [0.4, 0.5) is 16.2 Å². The van der Waals surface area contributed by atoms with Crippen molar-refractivity contribution in [2.45, 2.75) is 13.3 Å². The Balaban J connectivity index is 1.45. The van der Waals surface area contributed by atoms with Crippen LogP contribution in [-0.2, 0) is 0 Å². The number of urea groups is 1. The quantitative estimate of drug-likeness (QED) is 0.554. The molecular weight excluding hydrogens is 466 g/mol. The summed E-state index contributed by atoms with van der Waals surface area (Å²) in [6.07, 6.45) is 3.73. The SMILES string of the molecule is Cc1cccc(C(=O)N2CCCN(C(=O)Nc3cccc(Cl)c3)CC2)c1NC(=O)c1ccncc1. The Labute approximate surface area is 208 Å². The van der Waals surface area contributed by atoms with Crippen LogP contribution in [-0.4, -0.2) is 58.8 Å². The minimum Gasteiger partial charge on any atom is -0.337 e. The molecule has 1 aliphatic rings. The van der Waals surface area contributed by atoms with Crippen molar-refractivity contribution in [1.29, 1.82) is 0 Å². The monoisotopic (exact) mass is 491 g/mol. The lowest BCUT2D eigenvalue weighted by molar-refractivity contribution is 0.0763. The van der Waals surface area contributed by atoms with E-state index in [0.29, 0.717) is 60.1 Å². The van der Waals surface area contributed by atoms with Crippen LogP contribution in [0, 0.1) is 6.92 Å². The van der Waals surface area contributed by atoms with Gasteiger partial charge in [-0.25, -0.2) is 4.79 Å². The molecule has 1 saturated heterocycles. The zero-order valence-corrected chi connectivity index (χ0v) is 20.1. The number of rotatable bonds is 4. The molecule has 2 aromatic carbocycles. The van der Waals surface area contributed by atoms with Gasteiger partial charge in [-0.3, -0.25) is 14.6 Å². The summed E-state index contributed by atoms with van der Waals surface area (Å²) in [7, 11) is 0. The molecule has 1 aromatic heterocycles. The van der Waals surface area contributed by atoms with Gasteiger partial charge in [0.25, 0.3) is 11.8 Å². The van der Waals surface area contributed by atoms with Crippen molar-refractivity contribution in [3.8, 4) is 0 Å². The molecule has 3 aromatic rings. The van der Waals surface area contributed by atoms with E-state index in [4.69, 9.17) is 11.6 Å². The maximum absolute atomic E-state index is 13.5. The van der Waals surface area contributed by atoms with Crippen LogP contribution in [0.15, 0.2) is 67.0 Å². The molecule has 0 atom stereocenters. The van der Waals surface area contributed by atoms with E-state index < -0.39 is 0 Å². The molecule has 9 heteroatoms. The molecule has 4 rings (SSSR count). The molecule has 0 aliphatic carbocycles. The number of carbonyl (C=O) groups is 3. The van der Waals surface area contributed by atoms with E-state index in [0.717, 1.165) is 5.56 Å². The molecule has 0 bridgehead atoms. The lowest BCUT2D eigenvalue weighted by Gasteiger charge is -2.24. The largest absolute Gasteiger partial charge is 0.337 e. The van der Waals surface area contributed by atoms with Crippen molar-refractivity contribution in [3.63, 3.8) is 0 Å². The first-order valence-corrected chi connectivity index (χ1v) is 11.7. The Hall–Kier alpha value is -3.91. The summed E-state index contributed by atoms with van der Waals surface area (Å²) in [5, 5.41) is 6.29. The lowest BCUT2D eigenvalue weighted by Crippen LogP contribution is -2.39. The number of nitrogens with one attached hydrogen (secondary N) is 2. The maximum Gasteiger partial charge on any atom is 0.321 e. The first-order chi connectivity index (χ1) is 16.9. The highest BCUT2D eigenvalue weighted by Crippen LogP contribution is 2.24. The Morgan fingerprint density at radius 3 is 2.37 bits per heavy atom. The molecule has 1 fully saturated rings. The molecule has 0 spiro atoms. The molecule has 2 N–H and O–H groups in total. The molecular formula is C26H26ClN5O3. The molecule has 0 saturated carbocycles. The minimum atomic E-state index is -0.310. The molecule has 2 heterocycles. The number of hydrogen-bond donors (Lipinski definition) is 2. The van der Waals surface area contributed by atoms with Crippen LogP contribution >= 0.6 is 11.6 Å². The summed E-state index contributed by atoms with van der Waals surface area (Å²) >= 11 is 6.00. The third-order valence-corrected chi connectivity index (χ3v) is 6.07. The minimum absolute atomic E-state index is 0.184. The van der Waals surface area contributed by atoms with E-state index in [1.54, 1.807) is 70.7 Å². The van der Waals surface area contributed by atoms with Crippen LogP contribution in [0.1, 0.15) is 32.7 Å². The van der Waals surface area contributed by atoms with E-state index in [-0.39, 0.29) is 17.8 Å². The Morgan fingerprint density at radius 1 is 0.886 bits per heavy atom. The van der Waals surface area contributed by atoms with Gasteiger partial charge in [-0.15, -0.1) is 0 Å². The number of benzene rings is 2. The molecule has 1 aliphatic heterocycles. The second-order valence-corrected chi connectivity index (χ2v) is 8.70. The fourth-order valence-corrected chi connectivity index (χ4v) is 4.15. The predicted molar refractivity (Wildman–Crippen MR) is 136 cm³/mol. The number of aryl methyl sites for hydroxylation is 1. The van der Waals surface area contributed by atoms with Gasteiger partial charge in [0.15, 0.2) is 0 Å². The number of amides is 4. The summed E-state index contributed by atoms with van der Waals surface area (Å²) < 4.78 is 0. The zero-order valence-electron chi connectivity index (χ0n) is 19.3. The zero-order chi connectivity index (χ0) is 24.8. The van der Waals surface area contributed by atoms with E-state index in [1.165, 1.54) is 0 Å². The van der Waals surface area contributed by atoms with E-state index >= 15 is 0 Å². The van der Waals surface area contributed by atoms with Gasteiger partial charge >= 0.3 is 6.03 Å². The second kappa shape index (κ2) is 11.0. The van der Waals surface area contributed by atoms with Crippen LogP contribution in [0.2, 0.25) is 5.02 Å². The highest BCUT2D eigenvalue weighted by atomic mass is 35.5. The van der Waals surface area contributed by atoms with Crippen molar-refractivity contribution in [1.82, 2.24) is 14.8 Å². The fraction of sp³-hybridized carbons (Fsp3) is 0.231. The third-order valence-electron chi connectivity index (χ3n) is 5.83. The number of hydrogen-bond acceptors (Lipinski definition) is 4. The molecule has 180 valence electrons. The third kappa shape index (κ3) is 5.96. The Bertz CT molecular complexity index is 1230. The van der Waals surface area contributed by atoms with Gasteiger partial charge in [0.05, 0.1) is 11.3 Å². The molecule has 0 unspecified atom stereocenters. The molecule has 0 radical (unpaired) electrons. The lowest BCUT2D eigenvalue weighted by atomic mass is 10.1. The number of pyridine rings is 1. The van der Waals surface area contributed by atoms with Crippen molar-refractivity contribution >= 4 is 40.8 Å². The average Bonchev–Trinajstić information content (AvgIpc) is 3.12. The van der Waals surface area contributed by atoms with Gasteiger partial charge < -0.3 is 20.4 Å². The maximum atomic E-state index is 13.5. The van der Waals surface area contributed by atoms with Crippen LogP contribution in [0.5, 0.6) is 0 Å². The number of para-hydroxylation sites is 1. The number of halogens is 1. The Kier molecular flexibility index (Phi) is 7.62. The number of anilines is 2. The van der Waals surface area contributed by atoms with Crippen LogP contribution in [0.25, 0.3) is 0 Å². The van der Waals surface area contributed by atoms with Gasteiger partial charge in [0.2, 0.25) is 0 Å². The summed E-state index contributed by atoms with van der Waals surface area (Å²) in [6, 6.07) is 15.3. The predicted octanol–water partition coefficient (Wildman–Crippen LogP) is 4.68. The Morgan fingerprint density at radius 2 is 1.60 bits per heavy atom. The van der Waals surface area contributed by atoms with Gasteiger partial charge in [-0.2, -0.15) is 0 Å². The number of carbonyl (C=O) groups excluding carboxylic acids is 3. The van der Waals surface area contributed by atoms with Crippen molar-refractivity contribution in [3.05, 3.63) is 88.7 Å². The smallest absolute Gasteiger partial charge is 0.321 e. The molecule has 35 heavy (non-hydrogen) atoms. The molecule has 4 amide bonds. The number of nitrogens with zero attached hydrogens (tertiary/aromatic N) is 3. The van der Waals surface area contributed by atoms with Crippen molar-refractivity contribution in [2.24, 2.45) is 0 Å². The second-order valence-electron chi connectivity index (χ2n) is 8.26. The van der Waals surface area contributed by atoms with Gasteiger partial charge in [-0.05, 0) is 55.3 Å².